The van der Waals surface area contributed by atoms with Crippen LogP contribution < -0.4 is 16.7 Å². The molecule has 0 fully saturated rings. The van der Waals surface area contributed by atoms with Crippen molar-refractivity contribution in [2.24, 2.45) is 5.73 Å². The minimum Gasteiger partial charge on any atom is -0.378 e. The quantitative estimate of drug-likeness (QED) is 0.575. The molecule has 2 heterocycles. The van der Waals surface area contributed by atoms with Gasteiger partial charge in [0.15, 0.2) is 5.65 Å². The summed E-state index contributed by atoms with van der Waals surface area (Å²) in [5.74, 6) is 1.24. The molecular formula is C10H16N6O2. The smallest absolute Gasteiger partial charge is 0.349 e. The number of anilines is 1. The molecule has 2 aromatic rings. The lowest BCUT2D eigenvalue weighted by Gasteiger charge is -2.07. The van der Waals surface area contributed by atoms with Crippen molar-refractivity contribution in [3.8, 4) is 0 Å². The first kappa shape index (κ1) is 12.5. The maximum absolute atomic E-state index is 11.4. The van der Waals surface area contributed by atoms with Crippen molar-refractivity contribution in [3.05, 3.63) is 22.4 Å². The topological polar surface area (TPSA) is 110 Å². The summed E-state index contributed by atoms with van der Waals surface area (Å²) in [5, 5.41) is 9.37. The lowest BCUT2D eigenvalue weighted by Crippen LogP contribution is -2.17. The van der Waals surface area contributed by atoms with Gasteiger partial charge in [-0.15, -0.1) is 0 Å². The van der Waals surface area contributed by atoms with Crippen LogP contribution in [-0.2, 0) is 4.74 Å². The van der Waals surface area contributed by atoms with Gasteiger partial charge in [0.1, 0.15) is 11.6 Å². The zero-order chi connectivity index (χ0) is 13.0. The number of hydrogen-bond acceptors (Lipinski definition) is 6. The highest BCUT2D eigenvalue weighted by molar-refractivity contribution is 5.49. The number of fused-ring (bicyclic) bond motifs is 1. The number of aryl methyl sites for hydroxylation is 1. The van der Waals surface area contributed by atoms with Crippen LogP contribution in [0.2, 0.25) is 0 Å². The second-order valence-corrected chi connectivity index (χ2v) is 3.74. The van der Waals surface area contributed by atoms with E-state index in [9.17, 15) is 4.79 Å². The Morgan fingerprint density at radius 1 is 1.56 bits per heavy atom. The van der Waals surface area contributed by atoms with Gasteiger partial charge in [0, 0.05) is 19.2 Å². The highest BCUT2D eigenvalue weighted by Crippen LogP contribution is 2.07. The fraction of sp³-hybridized carbons (Fsp3) is 0.500. The molecule has 0 atom stereocenters. The molecule has 0 amide bonds. The Morgan fingerprint density at radius 2 is 2.39 bits per heavy atom. The standard InChI is InChI=1S/C10H16N6O2/c1-7-13-8(12-3-5-18-4-2-11)6-9-14-15-10(17)16(7)9/h6,12H,2-5,11H2,1H3,(H,15,17). The van der Waals surface area contributed by atoms with Crippen LogP contribution in [0.25, 0.3) is 5.65 Å². The summed E-state index contributed by atoms with van der Waals surface area (Å²) >= 11 is 0. The van der Waals surface area contributed by atoms with E-state index >= 15 is 0 Å². The predicted octanol–water partition coefficient (Wildman–Crippen LogP) is -0.887. The third kappa shape index (κ3) is 2.66. The van der Waals surface area contributed by atoms with E-state index in [0.29, 0.717) is 43.6 Å². The lowest BCUT2D eigenvalue weighted by molar-refractivity contribution is 0.151. The lowest BCUT2D eigenvalue weighted by atomic mass is 10.5. The number of aromatic amines is 1. The van der Waals surface area contributed by atoms with Gasteiger partial charge in [0.2, 0.25) is 0 Å². The average molecular weight is 252 g/mol. The Balaban J connectivity index is 2.03. The predicted molar refractivity (Wildman–Crippen MR) is 66.7 cm³/mol. The zero-order valence-corrected chi connectivity index (χ0v) is 10.1. The molecule has 0 bridgehead atoms. The van der Waals surface area contributed by atoms with Gasteiger partial charge in [0.05, 0.1) is 13.2 Å². The van der Waals surface area contributed by atoms with Crippen LogP contribution in [0.4, 0.5) is 5.82 Å². The van der Waals surface area contributed by atoms with E-state index in [1.165, 1.54) is 4.40 Å². The number of hydrogen-bond donors (Lipinski definition) is 3. The van der Waals surface area contributed by atoms with Crippen LogP contribution in [0.3, 0.4) is 0 Å². The second kappa shape index (κ2) is 5.61. The molecule has 8 nitrogen and oxygen atoms in total. The van der Waals surface area contributed by atoms with Gasteiger partial charge in [-0.25, -0.2) is 19.3 Å². The molecule has 0 aliphatic rings. The van der Waals surface area contributed by atoms with Crippen LogP contribution in [-0.4, -0.2) is 45.9 Å². The summed E-state index contributed by atoms with van der Waals surface area (Å²) in [6.45, 7) is 3.98. The fourth-order valence-electron chi connectivity index (χ4n) is 1.62. The Hall–Kier alpha value is -1.93. The summed E-state index contributed by atoms with van der Waals surface area (Å²) in [4.78, 5) is 15.7. The summed E-state index contributed by atoms with van der Waals surface area (Å²) in [7, 11) is 0. The Labute approximate surface area is 103 Å². The Kier molecular flexibility index (Phi) is 3.90. The summed E-state index contributed by atoms with van der Waals surface area (Å²) in [6.07, 6.45) is 0. The summed E-state index contributed by atoms with van der Waals surface area (Å²) < 4.78 is 6.65. The van der Waals surface area contributed by atoms with Crippen molar-refractivity contribution in [3.63, 3.8) is 0 Å². The molecule has 0 radical (unpaired) electrons. The number of H-pyrrole nitrogens is 1. The molecule has 4 N–H and O–H groups in total. The monoisotopic (exact) mass is 252 g/mol. The highest BCUT2D eigenvalue weighted by Gasteiger charge is 2.06. The van der Waals surface area contributed by atoms with Crippen molar-refractivity contribution in [2.75, 3.05) is 31.6 Å². The Bertz CT molecular complexity index is 575. The van der Waals surface area contributed by atoms with Crippen molar-refractivity contribution in [2.45, 2.75) is 6.92 Å². The van der Waals surface area contributed by atoms with Crippen LogP contribution in [0.1, 0.15) is 5.82 Å². The molecule has 98 valence electrons. The van der Waals surface area contributed by atoms with Gasteiger partial charge in [-0.3, -0.25) is 0 Å². The maximum atomic E-state index is 11.4. The largest absolute Gasteiger partial charge is 0.378 e. The first-order chi connectivity index (χ1) is 8.72. The normalized spacial score (nSPS) is 11.0. The zero-order valence-electron chi connectivity index (χ0n) is 10.1. The number of nitrogens with zero attached hydrogens (tertiary/aromatic N) is 3. The van der Waals surface area contributed by atoms with Crippen molar-refractivity contribution >= 4 is 11.5 Å². The molecule has 0 saturated carbocycles. The third-order valence-corrected chi connectivity index (χ3v) is 2.38. The molecule has 0 spiro atoms. The number of ether oxygens (including phenoxy) is 1. The molecule has 0 aliphatic carbocycles. The SMILES string of the molecule is Cc1nc(NCCOCCN)cc2n[nH]c(=O)n12. The molecule has 2 rings (SSSR count). The van der Waals surface area contributed by atoms with Crippen LogP contribution in [0.15, 0.2) is 10.9 Å². The number of nitrogens with two attached hydrogens (primary N) is 1. The maximum Gasteiger partial charge on any atom is 0.349 e. The second-order valence-electron chi connectivity index (χ2n) is 3.74. The van der Waals surface area contributed by atoms with Gasteiger partial charge in [0.25, 0.3) is 0 Å². The van der Waals surface area contributed by atoms with E-state index in [1.54, 1.807) is 13.0 Å². The van der Waals surface area contributed by atoms with Gasteiger partial charge in [-0.05, 0) is 6.92 Å². The van der Waals surface area contributed by atoms with Gasteiger partial charge >= 0.3 is 5.69 Å². The number of rotatable bonds is 6. The van der Waals surface area contributed by atoms with E-state index in [2.05, 4.69) is 20.5 Å². The van der Waals surface area contributed by atoms with Crippen molar-refractivity contribution < 1.29 is 4.74 Å². The van der Waals surface area contributed by atoms with E-state index in [-0.39, 0.29) is 5.69 Å². The molecule has 2 aromatic heterocycles. The van der Waals surface area contributed by atoms with Crippen LogP contribution in [0.5, 0.6) is 0 Å². The van der Waals surface area contributed by atoms with Crippen LogP contribution >= 0.6 is 0 Å². The first-order valence-electron chi connectivity index (χ1n) is 5.69. The van der Waals surface area contributed by atoms with E-state index in [0.717, 1.165) is 0 Å². The van der Waals surface area contributed by atoms with Crippen molar-refractivity contribution in [1.82, 2.24) is 19.6 Å². The molecule has 0 aromatic carbocycles. The Morgan fingerprint density at radius 3 is 3.17 bits per heavy atom. The molecule has 18 heavy (non-hydrogen) atoms. The summed E-state index contributed by atoms with van der Waals surface area (Å²) in [6, 6.07) is 1.70. The molecule has 0 saturated heterocycles. The van der Waals surface area contributed by atoms with Gasteiger partial charge < -0.3 is 15.8 Å². The van der Waals surface area contributed by atoms with Crippen LogP contribution in [0, 0.1) is 6.92 Å². The van der Waals surface area contributed by atoms with Crippen molar-refractivity contribution in [1.29, 1.82) is 0 Å². The van der Waals surface area contributed by atoms with E-state index < -0.39 is 0 Å². The fourth-order valence-corrected chi connectivity index (χ4v) is 1.62. The minimum absolute atomic E-state index is 0.284. The average Bonchev–Trinajstić information content (AvgIpc) is 2.71. The highest BCUT2D eigenvalue weighted by atomic mass is 16.5. The summed E-state index contributed by atoms with van der Waals surface area (Å²) in [5.41, 5.74) is 5.56. The number of nitrogens with one attached hydrogen (secondary N) is 2. The third-order valence-electron chi connectivity index (χ3n) is 2.38. The molecule has 8 heteroatoms. The van der Waals surface area contributed by atoms with Gasteiger partial charge in [-0.1, -0.05) is 0 Å². The molecular weight excluding hydrogens is 236 g/mol. The first-order valence-corrected chi connectivity index (χ1v) is 5.69. The van der Waals surface area contributed by atoms with E-state index in [4.69, 9.17) is 10.5 Å². The molecule has 0 aliphatic heterocycles. The number of aromatic nitrogens is 4. The van der Waals surface area contributed by atoms with Gasteiger partial charge in [-0.2, -0.15) is 5.10 Å². The minimum atomic E-state index is -0.284. The van der Waals surface area contributed by atoms with E-state index in [1.807, 2.05) is 0 Å². The molecule has 0 unspecified atom stereocenters.